The Morgan fingerprint density at radius 2 is 2.00 bits per heavy atom. The van der Waals surface area contributed by atoms with Gasteiger partial charge in [-0.2, -0.15) is 0 Å². The lowest BCUT2D eigenvalue weighted by Crippen LogP contribution is -2.39. The number of nitrogens with zero attached hydrogens (tertiary/aromatic N) is 3. The van der Waals surface area contributed by atoms with Gasteiger partial charge in [0.1, 0.15) is 5.82 Å². The number of rotatable bonds is 3. The van der Waals surface area contributed by atoms with E-state index in [1.807, 2.05) is 11.0 Å². The SMILES string of the molecule is O=C(CN1CCC[C@H]1c1nc2c([nH]1)CCCC2)N1CCc2ccccc21. The molecule has 1 atom stereocenters. The molecule has 1 fully saturated rings. The number of benzene rings is 1. The van der Waals surface area contributed by atoms with Crippen molar-refractivity contribution in [3.8, 4) is 0 Å². The number of aromatic nitrogens is 2. The Morgan fingerprint density at radius 3 is 2.92 bits per heavy atom. The summed E-state index contributed by atoms with van der Waals surface area (Å²) in [6, 6.07) is 8.55. The molecule has 5 nitrogen and oxygen atoms in total. The fourth-order valence-corrected chi connectivity index (χ4v) is 4.81. The van der Waals surface area contributed by atoms with E-state index in [2.05, 4.69) is 28.1 Å². The molecule has 1 aliphatic carbocycles. The van der Waals surface area contributed by atoms with Crippen LogP contribution in [-0.4, -0.2) is 40.4 Å². The number of imidazole rings is 1. The number of hydrogen-bond acceptors (Lipinski definition) is 3. The molecule has 3 heterocycles. The second-order valence-electron chi connectivity index (χ2n) is 7.81. The average molecular weight is 350 g/mol. The maximum Gasteiger partial charge on any atom is 0.241 e. The van der Waals surface area contributed by atoms with Crippen molar-refractivity contribution in [1.29, 1.82) is 0 Å². The topological polar surface area (TPSA) is 52.2 Å². The van der Waals surface area contributed by atoms with Crippen LogP contribution in [0.2, 0.25) is 0 Å². The lowest BCUT2D eigenvalue weighted by atomic mass is 10.0. The first kappa shape index (κ1) is 16.1. The normalized spacial score (nSPS) is 22.5. The van der Waals surface area contributed by atoms with Crippen molar-refractivity contribution < 1.29 is 4.79 Å². The van der Waals surface area contributed by atoms with Crippen molar-refractivity contribution in [2.75, 3.05) is 24.5 Å². The van der Waals surface area contributed by atoms with E-state index in [-0.39, 0.29) is 11.9 Å². The maximum absolute atomic E-state index is 13.0. The molecule has 1 aromatic heterocycles. The van der Waals surface area contributed by atoms with Crippen LogP contribution in [0.4, 0.5) is 5.69 Å². The smallest absolute Gasteiger partial charge is 0.241 e. The predicted octanol–water partition coefficient (Wildman–Crippen LogP) is 3.01. The number of fused-ring (bicyclic) bond motifs is 2. The van der Waals surface area contributed by atoms with Crippen LogP contribution in [0, 0.1) is 0 Å². The van der Waals surface area contributed by atoms with Crippen LogP contribution < -0.4 is 4.90 Å². The Morgan fingerprint density at radius 1 is 1.12 bits per heavy atom. The number of aryl methyl sites for hydroxylation is 2. The first-order valence-electron chi connectivity index (χ1n) is 9.99. The van der Waals surface area contributed by atoms with Crippen molar-refractivity contribution in [1.82, 2.24) is 14.9 Å². The first-order chi connectivity index (χ1) is 12.8. The molecule has 1 aromatic carbocycles. The Hall–Kier alpha value is -2.14. The average Bonchev–Trinajstić information content (AvgIpc) is 3.38. The number of nitrogens with one attached hydrogen (secondary N) is 1. The molecule has 1 saturated heterocycles. The van der Waals surface area contributed by atoms with E-state index in [1.165, 1.54) is 29.8 Å². The summed E-state index contributed by atoms with van der Waals surface area (Å²) in [7, 11) is 0. The molecule has 0 radical (unpaired) electrons. The minimum absolute atomic E-state index is 0.221. The van der Waals surface area contributed by atoms with Crippen LogP contribution in [0.3, 0.4) is 0 Å². The molecule has 1 N–H and O–H groups in total. The van der Waals surface area contributed by atoms with E-state index in [0.717, 1.165) is 56.7 Å². The van der Waals surface area contributed by atoms with Crippen molar-refractivity contribution in [3.63, 3.8) is 0 Å². The van der Waals surface area contributed by atoms with Crippen molar-refractivity contribution in [2.45, 2.75) is 51.0 Å². The third kappa shape index (κ3) is 2.75. The van der Waals surface area contributed by atoms with Crippen molar-refractivity contribution in [2.24, 2.45) is 0 Å². The van der Waals surface area contributed by atoms with Gasteiger partial charge in [0.2, 0.25) is 5.91 Å². The minimum Gasteiger partial charge on any atom is -0.344 e. The molecular weight excluding hydrogens is 324 g/mol. The van der Waals surface area contributed by atoms with Gasteiger partial charge in [0, 0.05) is 17.9 Å². The molecule has 136 valence electrons. The maximum atomic E-state index is 13.0. The number of likely N-dealkylation sites (tertiary alicyclic amines) is 1. The highest BCUT2D eigenvalue weighted by Crippen LogP contribution is 2.33. The van der Waals surface area contributed by atoms with Gasteiger partial charge >= 0.3 is 0 Å². The summed E-state index contributed by atoms with van der Waals surface area (Å²) >= 11 is 0. The number of carbonyl (C=O) groups excluding carboxylic acids is 1. The Bertz CT molecular complexity index is 804. The zero-order chi connectivity index (χ0) is 17.5. The highest BCUT2D eigenvalue weighted by Gasteiger charge is 2.33. The van der Waals surface area contributed by atoms with Crippen molar-refractivity contribution >= 4 is 11.6 Å². The molecule has 0 unspecified atom stereocenters. The molecule has 5 rings (SSSR count). The molecule has 0 bridgehead atoms. The largest absolute Gasteiger partial charge is 0.344 e. The fraction of sp³-hybridized carbons (Fsp3) is 0.524. The van der Waals surface area contributed by atoms with Crippen LogP contribution in [0.15, 0.2) is 24.3 Å². The van der Waals surface area contributed by atoms with E-state index < -0.39 is 0 Å². The second-order valence-corrected chi connectivity index (χ2v) is 7.81. The van der Waals surface area contributed by atoms with E-state index in [0.29, 0.717) is 6.54 Å². The summed E-state index contributed by atoms with van der Waals surface area (Å²) in [5.74, 6) is 1.31. The van der Waals surface area contributed by atoms with Gasteiger partial charge < -0.3 is 9.88 Å². The zero-order valence-corrected chi connectivity index (χ0v) is 15.2. The van der Waals surface area contributed by atoms with Crippen LogP contribution in [-0.2, 0) is 24.1 Å². The Kier molecular flexibility index (Phi) is 4.04. The molecule has 2 aliphatic heterocycles. The van der Waals surface area contributed by atoms with E-state index >= 15 is 0 Å². The quantitative estimate of drug-likeness (QED) is 0.926. The number of aromatic amines is 1. The van der Waals surface area contributed by atoms with Crippen LogP contribution in [0.25, 0.3) is 0 Å². The number of carbonyl (C=O) groups is 1. The fourth-order valence-electron chi connectivity index (χ4n) is 4.81. The summed E-state index contributed by atoms with van der Waals surface area (Å²) in [6.07, 6.45) is 7.93. The highest BCUT2D eigenvalue weighted by molar-refractivity contribution is 5.96. The number of anilines is 1. The second kappa shape index (κ2) is 6.54. The third-order valence-electron chi connectivity index (χ3n) is 6.18. The van der Waals surface area contributed by atoms with Gasteiger partial charge in [-0.05, 0) is 63.1 Å². The zero-order valence-electron chi connectivity index (χ0n) is 15.2. The molecule has 5 heteroatoms. The molecule has 2 aromatic rings. The summed E-state index contributed by atoms with van der Waals surface area (Å²) in [5, 5.41) is 0. The molecule has 26 heavy (non-hydrogen) atoms. The summed E-state index contributed by atoms with van der Waals surface area (Å²) < 4.78 is 0. The number of amides is 1. The molecule has 0 spiro atoms. The van der Waals surface area contributed by atoms with Crippen molar-refractivity contribution in [3.05, 3.63) is 47.0 Å². The first-order valence-corrected chi connectivity index (χ1v) is 9.99. The Balaban J connectivity index is 1.32. The number of H-pyrrole nitrogens is 1. The molecular formula is C21H26N4O. The lowest BCUT2D eigenvalue weighted by molar-refractivity contribution is -0.119. The van der Waals surface area contributed by atoms with Gasteiger partial charge in [0.15, 0.2) is 0 Å². The van der Waals surface area contributed by atoms with Gasteiger partial charge in [-0.3, -0.25) is 9.69 Å². The molecule has 0 saturated carbocycles. The predicted molar refractivity (Wildman–Crippen MR) is 101 cm³/mol. The number of hydrogen-bond donors (Lipinski definition) is 1. The van der Waals surface area contributed by atoms with Crippen LogP contribution >= 0.6 is 0 Å². The Labute approximate surface area is 154 Å². The van der Waals surface area contributed by atoms with E-state index in [4.69, 9.17) is 4.98 Å². The van der Waals surface area contributed by atoms with Crippen LogP contribution in [0.5, 0.6) is 0 Å². The molecule has 1 amide bonds. The van der Waals surface area contributed by atoms with E-state index in [1.54, 1.807) is 0 Å². The van der Waals surface area contributed by atoms with Gasteiger partial charge in [0.05, 0.1) is 18.3 Å². The summed E-state index contributed by atoms with van der Waals surface area (Å²) in [6.45, 7) is 2.29. The number of para-hydroxylation sites is 1. The monoisotopic (exact) mass is 350 g/mol. The van der Waals surface area contributed by atoms with Gasteiger partial charge in [-0.1, -0.05) is 18.2 Å². The van der Waals surface area contributed by atoms with E-state index in [9.17, 15) is 4.79 Å². The summed E-state index contributed by atoms with van der Waals surface area (Å²) in [5.41, 5.74) is 4.98. The van der Waals surface area contributed by atoms with Gasteiger partial charge in [0.25, 0.3) is 0 Å². The van der Waals surface area contributed by atoms with Crippen LogP contribution in [0.1, 0.15) is 54.5 Å². The highest BCUT2D eigenvalue weighted by atomic mass is 16.2. The standard InChI is InChI=1S/C21H26N4O/c26-20(25-13-11-15-6-1-4-9-18(15)25)14-24-12-5-10-19(24)21-22-16-7-2-3-8-17(16)23-21/h1,4,6,9,19H,2-3,5,7-8,10-14H2,(H,22,23)/t19-/m0/s1. The third-order valence-corrected chi connectivity index (χ3v) is 6.18. The van der Waals surface area contributed by atoms with Gasteiger partial charge in [-0.15, -0.1) is 0 Å². The van der Waals surface area contributed by atoms with Gasteiger partial charge in [-0.25, -0.2) is 4.98 Å². The minimum atomic E-state index is 0.221. The molecule has 3 aliphatic rings. The lowest BCUT2D eigenvalue weighted by Gasteiger charge is -2.25. The summed E-state index contributed by atoms with van der Waals surface area (Å²) in [4.78, 5) is 25.8.